The number of hydrogen-bond donors (Lipinski definition) is 2. The quantitative estimate of drug-likeness (QED) is 0.878. The predicted molar refractivity (Wildman–Crippen MR) is 72.8 cm³/mol. The highest BCUT2D eigenvalue weighted by Crippen LogP contribution is 2.27. The zero-order valence-corrected chi connectivity index (χ0v) is 11.5. The van der Waals surface area contributed by atoms with Gasteiger partial charge in [-0.3, -0.25) is 0 Å². The monoisotopic (exact) mass is 347 g/mol. The van der Waals surface area contributed by atoms with Crippen molar-refractivity contribution in [2.24, 2.45) is 0 Å². The lowest BCUT2D eigenvalue weighted by molar-refractivity contribution is -0.274. The van der Waals surface area contributed by atoms with Gasteiger partial charge in [-0.2, -0.15) is 0 Å². The van der Waals surface area contributed by atoms with Gasteiger partial charge in [-0.15, -0.1) is 13.2 Å². The first-order chi connectivity index (χ1) is 9.33. The van der Waals surface area contributed by atoms with Crippen molar-refractivity contribution >= 4 is 33.1 Å². The standard InChI is InChI=1S/C12H9BrF3N3O/c13-7-5-10(17)11(18-6-7)19-8-1-3-9(4-2-8)20-12(14,15)16/h1-6H,17H2,(H,18,19). The smallest absolute Gasteiger partial charge is 0.406 e. The molecule has 20 heavy (non-hydrogen) atoms. The number of nitrogens with one attached hydrogen (secondary N) is 1. The van der Waals surface area contributed by atoms with Gasteiger partial charge in [0.15, 0.2) is 5.82 Å². The first kappa shape index (κ1) is 14.4. The molecule has 0 unspecified atom stereocenters. The van der Waals surface area contributed by atoms with E-state index in [1.807, 2.05) is 0 Å². The number of benzene rings is 1. The third-order valence-electron chi connectivity index (χ3n) is 2.23. The molecule has 0 bridgehead atoms. The Morgan fingerprint density at radius 1 is 1.20 bits per heavy atom. The maximum absolute atomic E-state index is 12.0. The van der Waals surface area contributed by atoms with Crippen LogP contribution in [0.4, 0.5) is 30.4 Å². The summed E-state index contributed by atoms with van der Waals surface area (Å²) in [6, 6.07) is 6.93. The van der Waals surface area contributed by atoms with Gasteiger partial charge < -0.3 is 15.8 Å². The molecule has 3 N–H and O–H groups in total. The van der Waals surface area contributed by atoms with Gasteiger partial charge in [0.05, 0.1) is 5.69 Å². The van der Waals surface area contributed by atoms with Crippen molar-refractivity contribution in [1.82, 2.24) is 4.98 Å². The molecule has 0 aliphatic heterocycles. The molecule has 106 valence electrons. The molecule has 0 atom stereocenters. The van der Waals surface area contributed by atoms with Gasteiger partial charge >= 0.3 is 6.36 Å². The minimum atomic E-state index is -4.70. The molecule has 1 aromatic heterocycles. The molecule has 4 nitrogen and oxygen atoms in total. The van der Waals surface area contributed by atoms with E-state index in [-0.39, 0.29) is 5.75 Å². The number of aromatic nitrogens is 1. The van der Waals surface area contributed by atoms with E-state index >= 15 is 0 Å². The summed E-state index contributed by atoms with van der Waals surface area (Å²) in [7, 11) is 0. The van der Waals surface area contributed by atoms with Gasteiger partial charge in [0.25, 0.3) is 0 Å². The molecule has 8 heteroatoms. The molecular weight excluding hydrogens is 339 g/mol. The Bertz CT molecular complexity index is 602. The van der Waals surface area contributed by atoms with Gasteiger partial charge in [0.1, 0.15) is 5.75 Å². The maximum Gasteiger partial charge on any atom is 0.573 e. The highest BCUT2D eigenvalue weighted by atomic mass is 79.9. The molecule has 0 radical (unpaired) electrons. The molecule has 1 aromatic carbocycles. The number of nitrogens with two attached hydrogens (primary N) is 1. The van der Waals surface area contributed by atoms with E-state index in [0.717, 1.165) is 4.47 Å². The minimum Gasteiger partial charge on any atom is -0.406 e. The summed E-state index contributed by atoms with van der Waals surface area (Å²) in [6.45, 7) is 0. The maximum atomic E-state index is 12.0. The van der Waals surface area contributed by atoms with Crippen molar-refractivity contribution in [3.63, 3.8) is 0 Å². The lowest BCUT2D eigenvalue weighted by atomic mass is 10.3. The average molecular weight is 348 g/mol. The van der Waals surface area contributed by atoms with E-state index in [1.165, 1.54) is 24.3 Å². The Hall–Kier alpha value is -1.96. The fraction of sp³-hybridized carbons (Fsp3) is 0.0833. The average Bonchev–Trinajstić information content (AvgIpc) is 2.33. The summed E-state index contributed by atoms with van der Waals surface area (Å²) >= 11 is 3.23. The third-order valence-corrected chi connectivity index (χ3v) is 2.67. The second-order valence-electron chi connectivity index (χ2n) is 3.79. The van der Waals surface area contributed by atoms with Gasteiger partial charge in [-0.1, -0.05) is 0 Å². The van der Waals surface area contributed by atoms with Crippen LogP contribution in [0.25, 0.3) is 0 Å². The third kappa shape index (κ3) is 4.02. The van der Waals surface area contributed by atoms with E-state index in [4.69, 9.17) is 5.73 Å². The van der Waals surface area contributed by atoms with Crippen molar-refractivity contribution in [2.45, 2.75) is 6.36 Å². The van der Waals surface area contributed by atoms with E-state index in [0.29, 0.717) is 17.2 Å². The Kier molecular flexibility index (Phi) is 4.03. The predicted octanol–water partition coefficient (Wildman–Crippen LogP) is 4.07. The van der Waals surface area contributed by atoms with Gasteiger partial charge in [-0.05, 0) is 46.3 Å². The second-order valence-corrected chi connectivity index (χ2v) is 4.70. The zero-order valence-electron chi connectivity index (χ0n) is 9.91. The molecule has 0 amide bonds. The van der Waals surface area contributed by atoms with E-state index in [9.17, 15) is 13.2 Å². The highest BCUT2D eigenvalue weighted by Gasteiger charge is 2.30. The summed E-state index contributed by atoms with van der Waals surface area (Å²) in [4.78, 5) is 4.06. The lowest BCUT2D eigenvalue weighted by Crippen LogP contribution is -2.16. The number of nitrogen functional groups attached to an aromatic ring is 1. The normalized spacial score (nSPS) is 11.2. The minimum absolute atomic E-state index is 0.292. The summed E-state index contributed by atoms with van der Waals surface area (Å²) in [5.74, 6) is 0.123. The van der Waals surface area contributed by atoms with Crippen LogP contribution in [0.1, 0.15) is 0 Å². The Labute approximate surface area is 120 Å². The molecule has 0 saturated heterocycles. The van der Waals surface area contributed by atoms with Crippen molar-refractivity contribution in [1.29, 1.82) is 0 Å². The topological polar surface area (TPSA) is 60.2 Å². The van der Waals surface area contributed by atoms with Crippen LogP contribution < -0.4 is 15.8 Å². The summed E-state index contributed by atoms with van der Waals surface area (Å²) in [5.41, 5.74) is 6.71. The van der Waals surface area contributed by atoms with Gasteiger partial charge in [-0.25, -0.2) is 4.98 Å². The summed E-state index contributed by atoms with van der Waals surface area (Å²) in [5, 5.41) is 2.90. The highest BCUT2D eigenvalue weighted by molar-refractivity contribution is 9.10. The molecule has 0 aliphatic carbocycles. The number of rotatable bonds is 3. The van der Waals surface area contributed by atoms with Crippen LogP contribution in [0.15, 0.2) is 41.0 Å². The summed E-state index contributed by atoms with van der Waals surface area (Å²) in [6.07, 6.45) is -3.15. The molecule has 0 aliphatic rings. The van der Waals surface area contributed by atoms with Crippen LogP contribution in [-0.4, -0.2) is 11.3 Å². The number of alkyl halides is 3. The fourth-order valence-corrected chi connectivity index (χ4v) is 1.79. The van der Waals surface area contributed by atoms with Crippen LogP contribution in [0.2, 0.25) is 0 Å². The van der Waals surface area contributed by atoms with Crippen LogP contribution in [0.5, 0.6) is 5.75 Å². The lowest BCUT2D eigenvalue weighted by Gasteiger charge is -2.11. The van der Waals surface area contributed by atoms with Crippen molar-refractivity contribution in [2.75, 3.05) is 11.1 Å². The van der Waals surface area contributed by atoms with Crippen LogP contribution in [0, 0.1) is 0 Å². The van der Waals surface area contributed by atoms with Crippen molar-refractivity contribution < 1.29 is 17.9 Å². The van der Waals surface area contributed by atoms with Crippen molar-refractivity contribution in [3.8, 4) is 5.75 Å². The number of anilines is 3. The number of halogens is 4. The Morgan fingerprint density at radius 3 is 2.40 bits per heavy atom. The van der Waals surface area contributed by atoms with E-state index in [2.05, 4.69) is 31.0 Å². The SMILES string of the molecule is Nc1cc(Br)cnc1Nc1ccc(OC(F)(F)F)cc1. The molecule has 0 spiro atoms. The molecule has 2 aromatic rings. The van der Waals surface area contributed by atoms with Crippen LogP contribution in [-0.2, 0) is 0 Å². The van der Waals surface area contributed by atoms with E-state index in [1.54, 1.807) is 12.3 Å². The van der Waals surface area contributed by atoms with Crippen LogP contribution >= 0.6 is 15.9 Å². The number of pyridine rings is 1. The van der Waals surface area contributed by atoms with Crippen molar-refractivity contribution in [3.05, 3.63) is 41.0 Å². The molecule has 0 saturated carbocycles. The second kappa shape index (κ2) is 5.58. The number of ether oxygens (including phenoxy) is 1. The van der Waals surface area contributed by atoms with E-state index < -0.39 is 6.36 Å². The molecule has 0 fully saturated rings. The molecule has 2 rings (SSSR count). The fourth-order valence-electron chi connectivity index (χ4n) is 1.44. The first-order valence-electron chi connectivity index (χ1n) is 5.37. The zero-order chi connectivity index (χ0) is 14.8. The van der Waals surface area contributed by atoms with Gasteiger partial charge in [0.2, 0.25) is 0 Å². The van der Waals surface area contributed by atoms with Crippen LogP contribution in [0.3, 0.4) is 0 Å². The number of hydrogen-bond acceptors (Lipinski definition) is 4. The molecule has 1 heterocycles. The first-order valence-corrected chi connectivity index (χ1v) is 6.17. The van der Waals surface area contributed by atoms with Gasteiger partial charge in [0, 0.05) is 16.4 Å². The molecular formula is C12H9BrF3N3O. The largest absolute Gasteiger partial charge is 0.573 e. The Balaban J connectivity index is 2.11. The summed E-state index contributed by atoms with van der Waals surface area (Å²) < 4.78 is 40.5. The number of nitrogens with zero attached hydrogens (tertiary/aromatic N) is 1. The Morgan fingerprint density at radius 2 is 1.85 bits per heavy atom.